The van der Waals surface area contributed by atoms with Gasteiger partial charge in [-0.3, -0.25) is 14.9 Å². The summed E-state index contributed by atoms with van der Waals surface area (Å²) < 4.78 is 0. The Hall–Kier alpha value is -2.24. The van der Waals surface area contributed by atoms with Crippen molar-refractivity contribution in [2.24, 2.45) is 11.0 Å². The van der Waals surface area contributed by atoms with E-state index in [9.17, 15) is 14.9 Å². The van der Waals surface area contributed by atoms with Crippen molar-refractivity contribution in [1.29, 1.82) is 0 Å². The quantitative estimate of drug-likeness (QED) is 0.607. The van der Waals surface area contributed by atoms with Crippen LogP contribution >= 0.6 is 0 Å². The molecule has 1 aromatic rings. The van der Waals surface area contributed by atoms with Crippen LogP contribution in [-0.2, 0) is 4.79 Å². The van der Waals surface area contributed by atoms with E-state index in [2.05, 4.69) is 5.10 Å². The minimum absolute atomic E-state index is 0.112. The lowest BCUT2D eigenvalue weighted by Gasteiger charge is -2.12. The lowest BCUT2D eigenvalue weighted by molar-refractivity contribution is -0.384. The van der Waals surface area contributed by atoms with Gasteiger partial charge in [-0.25, -0.2) is 0 Å². The number of nitro benzene ring substituents is 1. The van der Waals surface area contributed by atoms with Gasteiger partial charge in [0.2, 0.25) is 0 Å². The van der Waals surface area contributed by atoms with Crippen LogP contribution in [0.3, 0.4) is 0 Å². The van der Waals surface area contributed by atoms with Crippen LogP contribution in [0.5, 0.6) is 0 Å². The number of anilines is 1. The summed E-state index contributed by atoms with van der Waals surface area (Å²) in [4.78, 5) is 22.5. The molecule has 94 valence electrons. The Morgan fingerprint density at radius 1 is 1.44 bits per heavy atom. The molecule has 1 heterocycles. The highest BCUT2D eigenvalue weighted by molar-refractivity contribution is 6.15. The highest BCUT2D eigenvalue weighted by Gasteiger charge is 2.35. The summed E-state index contributed by atoms with van der Waals surface area (Å²) in [5.41, 5.74) is 0.861. The Kier molecular flexibility index (Phi) is 3.10. The number of carbonyl (C=O) groups excluding carboxylic acids is 1. The third-order valence-electron chi connectivity index (χ3n) is 2.98. The number of hydrazone groups is 1. The molecule has 1 aromatic carbocycles. The molecule has 1 aliphatic rings. The number of carbonyl (C=O) groups is 1. The minimum Gasteiger partial charge on any atom is -0.272 e. The smallest absolute Gasteiger partial charge is 0.272 e. The van der Waals surface area contributed by atoms with Crippen molar-refractivity contribution < 1.29 is 9.72 Å². The average molecular weight is 247 g/mol. The molecule has 1 amide bonds. The molecule has 0 aliphatic carbocycles. The zero-order valence-corrected chi connectivity index (χ0v) is 10.2. The first kappa shape index (κ1) is 12.2. The fraction of sp³-hybridized carbons (Fsp3) is 0.333. The molecule has 0 N–H and O–H groups in total. The molecule has 1 unspecified atom stereocenters. The van der Waals surface area contributed by atoms with Crippen LogP contribution in [0.25, 0.3) is 0 Å². The predicted molar refractivity (Wildman–Crippen MR) is 67.5 cm³/mol. The van der Waals surface area contributed by atoms with Crippen LogP contribution < -0.4 is 5.01 Å². The lowest BCUT2D eigenvalue weighted by Crippen LogP contribution is -2.25. The number of nitrogens with zero attached hydrogens (tertiary/aromatic N) is 3. The largest absolute Gasteiger partial charge is 0.295 e. The van der Waals surface area contributed by atoms with Crippen LogP contribution in [0.15, 0.2) is 29.4 Å². The molecule has 1 aliphatic heterocycles. The predicted octanol–water partition coefficient (Wildman–Crippen LogP) is 2.34. The summed E-state index contributed by atoms with van der Waals surface area (Å²) in [6.45, 7) is 3.67. The van der Waals surface area contributed by atoms with Gasteiger partial charge >= 0.3 is 0 Å². The van der Waals surface area contributed by atoms with Crippen molar-refractivity contribution in [3.8, 4) is 0 Å². The molecule has 6 heteroatoms. The lowest BCUT2D eigenvalue weighted by atomic mass is 10.0. The van der Waals surface area contributed by atoms with Crippen LogP contribution in [0, 0.1) is 16.0 Å². The fourth-order valence-corrected chi connectivity index (χ4v) is 1.94. The molecule has 6 nitrogen and oxygen atoms in total. The number of amides is 1. The fourth-order valence-electron chi connectivity index (χ4n) is 1.94. The van der Waals surface area contributed by atoms with E-state index in [1.807, 2.05) is 6.92 Å². The van der Waals surface area contributed by atoms with Gasteiger partial charge in [0.05, 0.1) is 16.6 Å². The number of hydrogen-bond acceptors (Lipinski definition) is 4. The summed E-state index contributed by atoms with van der Waals surface area (Å²) in [5, 5.41) is 16.3. The highest BCUT2D eigenvalue weighted by atomic mass is 16.6. The molecule has 0 saturated carbocycles. The maximum atomic E-state index is 12.0. The van der Waals surface area contributed by atoms with Gasteiger partial charge < -0.3 is 0 Å². The van der Waals surface area contributed by atoms with E-state index < -0.39 is 4.92 Å². The van der Waals surface area contributed by atoms with E-state index in [0.29, 0.717) is 6.42 Å². The second-order valence-corrected chi connectivity index (χ2v) is 4.06. The van der Waals surface area contributed by atoms with E-state index >= 15 is 0 Å². The summed E-state index contributed by atoms with van der Waals surface area (Å²) >= 11 is 0. The first-order valence-electron chi connectivity index (χ1n) is 5.71. The molecule has 2 rings (SSSR count). The molecule has 0 radical (unpaired) electrons. The van der Waals surface area contributed by atoms with Gasteiger partial charge in [0.15, 0.2) is 0 Å². The van der Waals surface area contributed by atoms with Gasteiger partial charge in [0.1, 0.15) is 5.69 Å². The second kappa shape index (κ2) is 4.56. The molecular weight excluding hydrogens is 234 g/mol. The summed E-state index contributed by atoms with van der Waals surface area (Å²) in [6, 6.07) is 6.12. The zero-order valence-electron chi connectivity index (χ0n) is 10.2. The number of nitro groups is 1. The van der Waals surface area contributed by atoms with Crippen molar-refractivity contribution in [1.82, 2.24) is 0 Å². The number of para-hydroxylation sites is 2. The third kappa shape index (κ3) is 1.85. The number of rotatable bonds is 3. The summed E-state index contributed by atoms with van der Waals surface area (Å²) in [5.74, 6) is -0.532. The molecule has 0 spiro atoms. The first-order valence-corrected chi connectivity index (χ1v) is 5.71. The molecule has 0 saturated heterocycles. The first-order chi connectivity index (χ1) is 8.56. The van der Waals surface area contributed by atoms with Crippen molar-refractivity contribution in [2.45, 2.75) is 20.3 Å². The standard InChI is InChI=1S/C12H13N3O3/c1-3-9-8(2)12(16)14(13-9)10-6-4-5-7-11(10)15(17)18/h4-8H,3H2,1-2H3. The summed E-state index contributed by atoms with van der Waals surface area (Å²) in [6.07, 6.45) is 0.657. The molecular formula is C12H13N3O3. The minimum atomic E-state index is -0.507. The monoisotopic (exact) mass is 247 g/mol. The Bertz CT molecular complexity index is 539. The van der Waals surface area contributed by atoms with E-state index in [4.69, 9.17) is 0 Å². The van der Waals surface area contributed by atoms with Crippen LogP contribution in [0.1, 0.15) is 20.3 Å². The maximum Gasteiger partial charge on any atom is 0.295 e. The Balaban J connectivity index is 2.48. The zero-order chi connectivity index (χ0) is 13.3. The Morgan fingerprint density at radius 2 is 2.11 bits per heavy atom. The second-order valence-electron chi connectivity index (χ2n) is 4.06. The van der Waals surface area contributed by atoms with Crippen LogP contribution in [0.4, 0.5) is 11.4 Å². The normalized spacial score (nSPS) is 19.0. The van der Waals surface area contributed by atoms with Crippen LogP contribution in [0.2, 0.25) is 0 Å². The van der Waals surface area contributed by atoms with Gasteiger partial charge in [-0.2, -0.15) is 10.1 Å². The SMILES string of the molecule is CCC1=NN(c2ccccc2[N+](=O)[O-])C(=O)C1C. The van der Waals surface area contributed by atoms with Crippen molar-refractivity contribution in [3.05, 3.63) is 34.4 Å². The van der Waals surface area contributed by atoms with Gasteiger partial charge in [0.25, 0.3) is 11.6 Å². The third-order valence-corrected chi connectivity index (χ3v) is 2.98. The van der Waals surface area contributed by atoms with Gasteiger partial charge in [0, 0.05) is 6.07 Å². The van der Waals surface area contributed by atoms with Crippen LogP contribution in [-0.4, -0.2) is 16.5 Å². The summed E-state index contributed by atoms with van der Waals surface area (Å²) in [7, 11) is 0. The number of benzene rings is 1. The Labute approximate surface area is 104 Å². The average Bonchev–Trinajstić information content (AvgIpc) is 2.66. The van der Waals surface area contributed by atoms with Crippen molar-refractivity contribution in [2.75, 3.05) is 5.01 Å². The van der Waals surface area contributed by atoms with Gasteiger partial charge in [-0.15, -0.1) is 0 Å². The molecule has 0 aromatic heterocycles. The van der Waals surface area contributed by atoms with Gasteiger partial charge in [-0.05, 0) is 19.4 Å². The van der Waals surface area contributed by atoms with E-state index in [1.54, 1.807) is 19.1 Å². The van der Waals surface area contributed by atoms with E-state index in [-0.39, 0.29) is 23.2 Å². The van der Waals surface area contributed by atoms with Gasteiger partial charge in [-0.1, -0.05) is 19.1 Å². The molecule has 0 bridgehead atoms. The Morgan fingerprint density at radius 3 is 2.67 bits per heavy atom. The van der Waals surface area contributed by atoms with E-state index in [0.717, 1.165) is 10.7 Å². The number of hydrogen-bond donors (Lipinski definition) is 0. The van der Waals surface area contributed by atoms with E-state index in [1.165, 1.54) is 12.1 Å². The molecule has 0 fully saturated rings. The van der Waals surface area contributed by atoms with Crippen molar-refractivity contribution in [3.63, 3.8) is 0 Å². The molecule has 1 atom stereocenters. The highest BCUT2D eigenvalue weighted by Crippen LogP contribution is 2.32. The molecule has 18 heavy (non-hydrogen) atoms. The topological polar surface area (TPSA) is 75.8 Å². The maximum absolute atomic E-state index is 12.0. The van der Waals surface area contributed by atoms with Crippen molar-refractivity contribution >= 4 is 23.0 Å².